The number of rotatable bonds is 7. The van der Waals surface area contributed by atoms with E-state index >= 15 is 0 Å². The van der Waals surface area contributed by atoms with Crippen LogP contribution in [0.3, 0.4) is 0 Å². The van der Waals surface area contributed by atoms with Gasteiger partial charge in [-0.1, -0.05) is 54.6 Å². The second-order valence-electron chi connectivity index (χ2n) is 6.58. The maximum Gasteiger partial charge on any atom is 0.310 e. The zero-order chi connectivity index (χ0) is 20.6. The highest BCUT2D eigenvalue weighted by Crippen LogP contribution is 2.19. The molecule has 0 heterocycles. The van der Waals surface area contributed by atoms with Crippen LogP contribution in [0.25, 0.3) is 11.1 Å². The van der Waals surface area contributed by atoms with Crippen molar-refractivity contribution in [2.75, 3.05) is 11.9 Å². The number of carbonyl (C=O) groups is 3. The molecule has 0 unspecified atom stereocenters. The molecule has 5 heteroatoms. The molecule has 0 atom stereocenters. The minimum atomic E-state index is -0.473. The third kappa shape index (κ3) is 5.87. The Morgan fingerprint density at radius 3 is 2.03 bits per heavy atom. The number of anilines is 1. The van der Waals surface area contributed by atoms with Crippen LogP contribution in [0.1, 0.15) is 22.8 Å². The smallest absolute Gasteiger partial charge is 0.310 e. The SMILES string of the molecule is CC(=O)c1ccc(NC(=O)COC(=O)Cc2ccc(-c3ccccc3)cc2)cc1. The Bertz CT molecular complexity index is 993. The summed E-state index contributed by atoms with van der Waals surface area (Å²) in [6.45, 7) is 1.11. The van der Waals surface area contributed by atoms with Gasteiger partial charge in [0.15, 0.2) is 12.4 Å². The lowest BCUT2D eigenvalue weighted by atomic mass is 10.0. The van der Waals surface area contributed by atoms with E-state index in [1.165, 1.54) is 6.92 Å². The summed E-state index contributed by atoms with van der Waals surface area (Å²) in [4.78, 5) is 35.2. The molecule has 3 rings (SSSR count). The molecule has 29 heavy (non-hydrogen) atoms. The number of Topliss-reactive ketones (excluding diaryl/α,β-unsaturated/α-hetero) is 1. The standard InChI is InChI=1S/C24H21NO4/c1-17(26)19-11-13-22(14-12-19)25-23(27)16-29-24(28)15-18-7-9-21(10-8-18)20-5-3-2-4-6-20/h2-14H,15-16H2,1H3,(H,25,27). The molecule has 5 nitrogen and oxygen atoms in total. The fourth-order valence-electron chi connectivity index (χ4n) is 2.79. The van der Waals surface area contributed by atoms with Gasteiger partial charge in [-0.25, -0.2) is 0 Å². The zero-order valence-electron chi connectivity index (χ0n) is 16.1. The Morgan fingerprint density at radius 1 is 0.793 bits per heavy atom. The quantitative estimate of drug-likeness (QED) is 0.485. The molecule has 1 amide bonds. The van der Waals surface area contributed by atoms with Crippen LogP contribution in [0.5, 0.6) is 0 Å². The van der Waals surface area contributed by atoms with Gasteiger partial charge >= 0.3 is 5.97 Å². The van der Waals surface area contributed by atoms with Crippen molar-refractivity contribution in [2.45, 2.75) is 13.3 Å². The molecule has 0 radical (unpaired) electrons. The van der Waals surface area contributed by atoms with Crippen molar-refractivity contribution in [3.05, 3.63) is 90.0 Å². The highest BCUT2D eigenvalue weighted by atomic mass is 16.5. The number of hydrogen-bond donors (Lipinski definition) is 1. The van der Waals surface area contributed by atoms with Gasteiger partial charge in [-0.05, 0) is 47.9 Å². The molecule has 0 fully saturated rings. The molecule has 0 saturated heterocycles. The van der Waals surface area contributed by atoms with E-state index in [1.54, 1.807) is 24.3 Å². The predicted molar refractivity (Wildman–Crippen MR) is 112 cm³/mol. The van der Waals surface area contributed by atoms with Crippen molar-refractivity contribution in [1.29, 1.82) is 0 Å². The van der Waals surface area contributed by atoms with Gasteiger partial charge < -0.3 is 10.1 Å². The summed E-state index contributed by atoms with van der Waals surface area (Å²) < 4.78 is 5.05. The Kier molecular flexibility index (Phi) is 6.53. The topological polar surface area (TPSA) is 72.5 Å². The molecular weight excluding hydrogens is 366 g/mol. The van der Waals surface area contributed by atoms with E-state index in [0.717, 1.165) is 16.7 Å². The first kappa shape index (κ1) is 20.0. The number of ketones is 1. The molecule has 0 aliphatic rings. The molecule has 0 bridgehead atoms. The lowest BCUT2D eigenvalue weighted by Crippen LogP contribution is -2.21. The van der Waals surface area contributed by atoms with E-state index in [9.17, 15) is 14.4 Å². The molecule has 1 N–H and O–H groups in total. The van der Waals surface area contributed by atoms with Crippen LogP contribution in [0.4, 0.5) is 5.69 Å². The Labute approximate surface area is 169 Å². The summed E-state index contributed by atoms with van der Waals surface area (Å²) in [5, 5.41) is 2.63. The maximum absolute atomic E-state index is 12.0. The normalized spacial score (nSPS) is 10.2. The summed E-state index contributed by atoms with van der Waals surface area (Å²) in [5.41, 5.74) is 4.09. The highest BCUT2D eigenvalue weighted by Gasteiger charge is 2.10. The number of carbonyl (C=O) groups excluding carboxylic acids is 3. The maximum atomic E-state index is 12.0. The average molecular weight is 387 g/mol. The lowest BCUT2D eigenvalue weighted by molar-refractivity contribution is -0.146. The number of esters is 1. The molecule has 3 aromatic carbocycles. The van der Waals surface area contributed by atoms with Crippen molar-refractivity contribution in [1.82, 2.24) is 0 Å². The Balaban J connectivity index is 1.46. The largest absolute Gasteiger partial charge is 0.455 e. The molecule has 0 aromatic heterocycles. The van der Waals surface area contributed by atoms with Gasteiger partial charge in [0.1, 0.15) is 0 Å². The third-order valence-electron chi connectivity index (χ3n) is 4.35. The lowest BCUT2D eigenvalue weighted by Gasteiger charge is -2.08. The van der Waals surface area contributed by atoms with Gasteiger partial charge in [0.25, 0.3) is 5.91 Å². The fourth-order valence-corrected chi connectivity index (χ4v) is 2.79. The first-order valence-electron chi connectivity index (χ1n) is 9.22. The molecule has 3 aromatic rings. The van der Waals surface area contributed by atoms with E-state index in [0.29, 0.717) is 11.3 Å². The Hall–Kier alpha value is -3.73. The summed E-state index contributed by atoms with van der Waals surface area (Å²) in [5.74, 6) is -0.957. The second kappa shape index (κ2) is 9.46. The molecule has 0 aliphatic carbocycles. The van der Waals surface area contributed by atoms with Gasteiger partial charge in [-0.2, -0.15) is 0 Å². The van der Waals surface area contributed by atoms with E-state index in [4.69, 9.17) is 4.74 Å². The van der Waals surface area contributed by atoms with E-state index in [1.807, 2.05) is 54.6 Å². The molecular formula is C24H21NO4. The van der Waals surface area contributed by atoms with E-state index < -0.39 is 11.9 Å². The minimum absolute atomic E-state index is 0.0476. The number of benzene rings is 3. The first-order valence-corrected chi connectivity index (χ1v) is 9.22. The van der Waals surface area contributed by atoms with Crippen LogP contribution >= 0.6 is 0 Å². The Morgan fingerprint density at radius 2 is 1.41 bits per heavy atom. The van der Waals surface area contributed by atoms with Crippen LogP contribution in [0.15, 0.2) is 78.9 Å². The average Bonchev–Trinajstić information content (AvgIpc) is 2.74. The number of ether oxygens (including phenoxy) is 1. The van der Waals surface area contributed by atoms with Crippen LogP contribution < -0.4 is 5.32 Å². The van der Waals surface area contributed by atoms with E-state index in [2.05, 4.69) is 5.32 Å². The number of amides is 1. The molecule has 0 spiro atoms. The summed E-state index contributed by atoms with van der Waals surface area (Å²) in [7, 11) is 0. The molecule has 146 valence electrons. The summed E-state index contributed by atoms with van der Waals surface area (Å²) in [6.07, 6.45) is 0.0929. The van der Waals surface area contributed by atoms with Crippen LogP contribution in [-0.4, -0.2) is 24.3 Å². The molecule has 0 saturated carbocycles. The summed E-state index contributed by atoms with van der Waals surface area (Å²) >= 11 is 0. The fraction of sp³-hybridized carbons (Fsp3) is 0.125. The zero-order valence-corrected chi connectivity index (χ0v) is 16.1. The van der Waals surface area contributed by atoms with Crippen molar-refractivity contribution >= 4 is 23.3 Å². The minimum Gasteiger partial charge on any atom is -0.455 e. The van der Waals surface area contributed by atoms with Crippen molar-refractivity contribution in [3.63, 3.8) is 0 Å². The van der Waals surface area contributed by atoms with Gasteiger partial charge in [0, 0.05) is 11.3 Å². The van der Waals surface area contributed by atoms with Crippen molar-refractivity contribution in [3.8, 4) is 11.1 Å². The predicted octanol–water partition coefficient (Wildman–Crippen LogP) is 4.28. The third-order valence-corrected chi connectivity index (χ3v) is 4.35. The van der Waals surface area contributed by atoms with Crippen LogP contribution in [0, 0.1) is 0 Å². The van der Waals surface area contributed by atoms with Crippen molar-refractivity contribution < 1.29 is 19.1 Å². The van der Waals surface area contributed by atoms with Gasteiger partial charge in [0.05, 0.1) is 6.42 Å². The molecule has 0 aliphatic heterocycles. The summed E-state index contributed by atoms with van der Waals surface area (Å²) in [6, 6.07) is 24.1. The van der Waals surface area contributed by atoms with Crippen LogP contribution in [0.2, 0.25) is 0 Å². The second-order valence-corrected chi connectivity index (χ2v) is 6.58. The first-order chi connectivity index (χ1) is 14.0. The van der Waals surface area contributed by atoms with Crippen LogP contribution in [-0.2, 0) is 20.7 Å². The number of hydrogen-bond acceptors (Lipinski definition) is 4. The van der Waals surface area contributed by atoms with Gasteiger partial charge in [-0.15, -0.1) is 0 Å². The van der Waals surface area contributed by atoms with Crippen molar-refractivity contribution in [2.24, 2.45) is 0 Å². The van der Waals surface area contributed by atoms with E-state index in [-0.39, 0.29) is 18.8 Å². The number of nitrogens with one attached hydrogen (secondary N) is 1. The van der Waals surface area contributed by atoms with Gasteiger partial charge in [-0.3, -0.25) is 14.4 Å². The highest BCUT2D eigenvalue weighted by molar-refractivity contribution is 5.96. The monoisotopic (exact) mass is 387 g/mol. The van der Waals surface area contributed by atoms with Gasteiger partial charge in [0.2, 0.25) is 0 Å².